The average molecular weight is 1480 g/mol. The van der Waals surface area contributed by atoms with E-state index in [1.54, 1.807) is 88.7 Å². The van der Waals surface area contributed by atoms with Crippen molar-refractivity contribution in [1.82, 2.24) is 23.9 Å². The quantitative estimate of drug-likeness (QED) is 0.0655. The molecule has 5 heterocycles. The predicted molar refractivity (Wildman–Crippen MR) is 390 cm³/mol. The highest BCUT2D eigenvalue weighted by molar-refractivity contribution is 7.89. The average Bonchev–Trinajstić information content (AvgIpc) is 1.60. The minimum Gasteiger partial charge on any atom is -0.489 e. The molecule has 106 heavy (non-hydrogen) atoms. The Morgan fingerprint density at radius 3 is 1.37 bits per heavy atom. The van der Waals surface area contributed by atoms with Gasteiger partial charge < -0.3 is 38.9 Å². The number of para-hydroxylation sites is 1. The molecule has 550 valence electrons. The third-order valence-electron chi connectivity index (χ3n) is 20.8. The van der Waals surface area contributed by atoms with Crippen LogP contribution in [0.25, 0.3) is 0 Å². The number of piperidine rings is 1. The van der Waals surface area contributed by atoms with Crippen LogP contribution in [0.1, 0.15) is 163 Å². The maximum absolute atomic E-state index is 13.3. The Hall–Kier alpha value is -10.5. The van der Waals surface area contributed by atoms with E-state index in [-0.39, 0.29) is 139 Å². The molecule has 15 rings (SSSR count). The lowest BCUT2D eigenvalue weighted by Crippen LogP contribution is -2.48. The Balaban J connectivity index is 0.000000151. The first kappa shape index (κ1) is 75.2. The van der Waals surface area contributed by atoms with E-state index in [4.69, 9.17) is 19.3 Å². The number of ether oxygens (including phenoxy) is 3. The number of likely N-dealkylation sites (tertiary alicyclic amines) is 1. The van der Waals surface area contributed by atoms with Gasteiger partial charge in [-0.3, -0.25) is 57.6 Å². The first-order valence-electron chi connectivity index (χ1n) is 35.6. The minimum absolute atomic E-state index is 0. The van der Waals surface area contributed by atoms with Crippen LogP contribution in [0.3, 0.4) is 0 Å². The monoisotopic (exact) mass is 1480 g/mol. The molecule has 3 aliphatic carbocycles. The molecule has 5 fully saturated rings. The van der Waals surface area contributed by atoms with Gasteiger partial charge in [0.15, 0.2) is 17.3 Å². The van der Waals surface area contributed by atoms with Crippen molar-refractivity contribution >= 4 is 92.4 Å². The second kappa shape index (κ2) is 32.9. The molecule has 3 unspecified atom stereocenters. The highest BCUT2D eigenvalue weighted by Gasteiger charge is 2.47. The van der Waals surface area contributed by atoms with E-state index in [2.05, 4.69) is 11.8 Å². The summed E-state index contributed by atoms with van der Waals surface area (Å²) in [5.74, 6) is -0.431. The molecule has 3 atom stereocenters. The molecule has 0 aromatic heterocycles. The molecule has 7 aromatic carbocycles. The van der Waals surface area contributed by atoms with Gasteiger partial charge in [-0.05, 0) is 133 Å². The number of carbonyl (C=O) groups excluding carboxylic acids is 11. The Morgan fingerprint density at radius 2 is 0.887 bits per heavy atom. The number of fused-ring (bicyclic) bond motifs is 3. The molecular weight excluding hydrogens is 1400 g/mol. The molecule has 8 aliphatic rings. The number of aliphatic hydroxyl groups excluding tert-OH is 1. The Bertz CT molecular complexity index is 4690. The fraction of sp³-hybridized carbons (Fsp3) is 0.346. The highest BCUT2D eigenvalue weighted by Crippen LogP contribution is 2.39. The van der Waals surface area contributed by atoms with Gasteiger partial charge in [0, 0.05) is 92.0 Å². The van der Waals surface area contributed by atoms with Gasteiger partial charge in [0.25, 0.3) is 29.5 Å². The van der Waals surface area contributed by atoms with Gasteiger partial charge in [0.2, 0.25) is 10.0 Å². The molecule has 7 aromatic rings. The van der Waals surface area contributed by atoms with Crippen molar-refractivity contribution in [2.24, 2.45) is 5.92 Å². The van der Waals surface area contributed by atoms with Crippen molar-refractivity contribution in [2.75, 3.05) is 44.2 Å². The number of anilines is 1. The van der Waals surface area contributed by atoms with Gasteiger partial charge in [0.05, 0.1) is 73.1 Å². The molecule has 1 N–H and O–H groups in total. The van der Waals surface area contributed by atoms with E-state index in [0.717, 1.165) is 69.9 Å². The van der Waals surface area contributed by atoms with Gasteiger partial charge in [-0.2, -0.15) is 4.31 Å². The van der Waals surface area contributed by atoms with E-state index >= 15 is 0 Å². The van der Waals surface area contributed by atoms with E-state index in [0.29, 0.717) is 99.1 Å². The normalized spacial score (nSPS) is 19.8. The predicted octanol–water partition coefficient (Wildman–Crippen LogP) is 9.67. The maximum Gasteiger partial charge on any atom is 0.266 e. The van der Waals surface area contributed by atoms with E-state index in [1.807, 2.05) is 77.7 Å². The number of nitrogens with zero attached hydrogens (tertiary/aromatic N) is 6. The molecule has 23 nitrogen and oxygen atoms in total. The van der Waals surface area contributed by atoms with Crippen LogP contribution in [0, 0.1) is 5.92 Å². The molecule has 0 radical (unpaired) electrons. The number of halogens is 1. The molecule has 5 amide bonds. The van der Waals surface area contributed by atoms with E-state index in [9.17, 15) is 61.2 Å². The van der Waals surface area contributed by atoms with Crippen LogP contribution in [-0.4, -0.2) is 159 Å². The number of sulfonamides is 1. The lowest BCUT2D eigenvalue weighted by atomic mass is 9.92. The summed E-state index contributed by atoms with van der Waals surface area (Å²) in [6.45, 7) is 7.11. The number of rotatable bonds is 17. The summed E-state index contributed by atoms with van der Waals surface area (Å²) in [5, 5.41) is 9.11. The first-order chi connectivity index (χ1) is 50.7. The number of aliphatic hydroxyl groups is 1. The lowest BCUT2D eigenvalue weighted by Gasteiger charge is -2.35. The van der Waals surface area contributed by atoms with Crippen LogP contribution in [0.4, 0.5) is 5.69 Å². The Labute approximate surface area is 619 Å². The summed E-state index contributed by atoms with van der Waals surface area (Å²) < 4.78 is 46.0. The number of hydrogen-bond donors (Lipinski definition) is 1. The molecule has 0 spiro atoms. The number of piperazine rings is 1. The summed E-state index contributed by atoms with van der Waals surface area (Å²) in [7, 11) is -3.62. The molecule has 0 bridgehead atoms. The summed E-state index contributed by atoms with van der Waals surface area (Å²) in [5.41, 5.74) is 7.99. The molecule has 2 saturated heterocycles. The van der Waals surface area contributed by atoms with Gasteiger partial charge in [0.1, 0.15) is 54.4 Å². The van der Waals surface area contributed by atoms with E-state index < -0.39 is 45.7 Å². The number of carbonyl (C=O) groups is 11. The van der Waals surface area contributed by atoms with E-state index in [1.165, 1.54) is 10.4 Å². The van der Waals surface area contributed by atoms with Crippen LogP contribution in [-0.2, 0) is 78.3 Å². The Morgan fingerprint density at radius 1 is 0.453 bits per heavy atom. The van der Waals surface area contributed by atoms with Gasteiger partial charge >= 0.3 is 0 Å². The second-order valence-corrected chi connectivity index (χ2v) is 29.6. The lowest BCUT2D eigenvalue weighted by molar-refractivity contribution is -0.134. The third-order valence-corrected chi connectivity index (χ3v) is 22.7. The van der Waals surface area contributed by atoms with Crippen LogP contribution < -0.4 is 19.1 Å². The summed E-state index contributed by atoms with van der Waals surface area (Å²) in [4.78, 5) is 145. The zero-order valence-electron chi connectivity index (χ0n) is 58.6. The van der Waals surface area contributed by atoms with Crippen LogP contribution in [0.5, 0.6) is 17.2 Å². The molecular formula is C81H81ClN6O17S. The summed E-state index contributed by atoms with van der Waals surface area (Å²) in [6.07, 6.45) is 3.34. The number of amides is 5. The molecule has 25 heteroatoms. The number of hydrogen-bond acceptors (Lipinski definition) is 18. The van der Waals surface area contributed by atoms with Crippen molar-refractivity contribution in [2.45, 2.75) is 140 Å². The third kappa shape index (κ3) is 16.3. The van der Waals surface area contributed by atoms with Crippen molar-refractivity contribution in [3.05, 3.63) is 219 Å². The SMILES string of the molecule is CC1CCN(C(=O)c2ccc(COc3cccc4c3CN(C3CCC(=O)CC3=O)C4=O)cc2)CC1.Cl.O=C1CCC(N2C(=O)c3cccc(OCc4ccc(CO)cc4)c3C2=O)C(=O)C1.O=C1CCC(N2Cc3c(OCc4ccc(S(=O)(=O)N5CCN(c6ccccc6)CC5)cc4)cccc3C2=O)C(=O)C1. The van der Waals surface area contributed by atoms with Gasteiger partial charge in [-0.1, -0.05) is 91.9 Å². The second-order valence-electron chi connectivity index (χ2n) is 27.7. The van der Waals surface area contributed by atoms with Crippen LogP contribution in [0.15, 0.2) is 163 Å². The van der Waals surface area contributed by atoms with Crippen molar-refractivity contribution < 1.29 is 80.5 Å². The summed E-state index contributed by atoms with van der Waals surface area (Å²) in [6, 6.07) is 44.7. The number of Topliss-reactive ketones (excluding diaryl/α,β-unsaturated/α-hetero) is 6. The fourth-order valence-electron chi connectivity index (χ4n) is 14.7. The maximum atomic E-state index is 13.3. The molecule has 5 aliphatic heterocycles. The Kier molecular flexibility index (Phi) is 23.3. The standard InChI is InChI=1S/C31H31N3O6S.C28H30N2O5.C22H19NO6.ClH/c35-24-11-14-28(29(36)19-24)34-20-27-26(31(34)37)7-4-8-30(27)40-21-22-9-12-25(13-10-22)41(38,39)33-17-15-32(16-18-33)23-5-2-1-3-6-23;1-18-11-13-29(14-12-18)27(33)20-7-5-19(6-8-20)17-35-26-4-2-3-22-23(26)16-30(28(22)34)24-10-9-21(31)15-25(24)32;24-11-13-4-6-14(7-5-13)12-29-19-3-1-2-16-20(19)22(28)23(21(16)27)17-9-8-15(25)10-18(17)26;/h1-10,12-13,28H,11,14-21H2;2-8,18,24H,9-17H2,1H3;1-7,17,24H,8-12H2;1H. The van der Waals surface area contributed by atoms with Gasteiger partial charge in [-0.25, -0.2) is 8.42 Å². The van der Waals surface area contributed by atoms with Gasteiger partial charge in [-0.15, -0.1) is 12.4 Å². The van der Waals surface area contributed by atoms with Crippen molar-refractivity contribution in [1.29, 1.82) is 0 Å². The number of benzene rings is 7. The fourth-order valence-corrected chi connectivity index (χ4v) is 16.1. The zero-order chi connectivity index (χ0) is 73.6. The smallest absolute Gasteiger partial charge is 0.266 e. The zero-order valence-corrected chi connectivity index (χ0v) is 60.2. The first-order valence-corrected chi connectivity index (χ1v) is 37.0. The number of ketones is 6. The largest absolute Gasteiger partial charge is 0.489 e. The molecule has 3 saturated carbocycles. The van der Waals surface area contributed by atoms with Crippen LogP contribution in [0.2, 0.25) is 0 Å². The summed E-state index contributed by atoms with van der Waals surface area (Å²) >= 11 is 0. The number of imide groups is 1. The topological polar surface area (TPSA) is 289 Å². The van der Waals surface area contributed by atoms with Crippen molar-refractivity contribution in [3.63, 3.8) is 0 Å². The minimum atomic E-state index is -3.62. The highest BCUT2D eigenvalue weighted by atomic mass is 35.5. The van der Waals surface area contributed by atoms with Crippen molar-refractivity contribution in [3.8, 4) is 17.2 Å². The van der Waals surface area contributed by atoms with Crippen LogP contribution >= 0.6 is 12.4 Å².